The topological polar surface area (TPSA) is 64.6 Å². The van der Waals surface area contributed by atoms with E-state index in [-0.39, 0.29) is 5.82 Å². The molecule has 0 bridgehead atoms. The highest BCUT2D eigenvalue weighted by Crippen LogP contribution is 2.22. The monoisotopic (exact) mass is 365 g/mol. The summed E-state index contributed by atoms with van der Waals surface area (Å²) >= 11 is 0. The van der Waals surface area contributed by atoms with Gasteiger partial charge in [0, 0.05) is 11.7 Å². The molecule has 1 aromatic carbocycles. The Labute approximate surface area is 155 Å². The number of amides is 1. The van der Waals surface area contributed by atoms with Gasteiger partial charge in [0.15, 0.2) is 0 Å². The quantitative estimate of drug-likeness (QED) is 0.353. The Bertz CT molecular complexity index is 576. The van der Waals surface area contributed by atoms with Crippen LogP contribution in [0.15, 0.2) is 18.2 Å². The molecule has 1 atom stereocenters. The lowest BCUT2D eigenvalue weighted by molar-refractivity contribution is -0.130. The number of rotatable bonds is 9. The SMILES string of the molecule is Cc1cc(N[C@H](CCCCN(C)C2CCCCC2)C(=O)NO)ccc1F. The van der Waals surface area contributed by atoms with Gasteiger partial charge in [0.05, 0.1) is 0 Å². The maximum Gasteiger partial charge on any atom is 0.265 e. The second kappa shape index (κ2) is 10.5. The Hall–Kier alpha value is -1.66. The molecule has 0 saturated heterocycles. The fourth-order valence-corrected chi connectivity index (χ4v) is 3.70. The average molecular weight is 365 g/mol. The number of benzene rings is 1. The first-order chi connectivity index (χ1) is 12.5. The van der Waals surface area contributed by atoms with Crippen LogP contribution in [0.3, 0.4) is 0 Å². The summed E-state index contributed by atoms with van der Waals surface area (Å²) in [6.45, 7) is 2.70. The number of carbonyl (C=O) groups is 1. The van der Waals surface area contributed by atoms with Crippen LogP contribution in [0.4, 0.5) is 10.1 Å². The molecule has 1 aromatic rings. The second-order valence-corrected chi connectivity index (χ2v) is 7.41. The van der Waals surface area contributed by atoms with Crippen molar-refractivity contribution in [3.63, 3.8) is 0 Å². The summed E-state index contributed by atoms with van der Waals surface area (Å²) in [7, 11) is 2.19. The zero-order chi connectivity index (χ0) is 18.9. The highest BCUT2D eigenvalue weighted by Gasteiger charge is 2.20. The Morgan fingerprint density at radius 3 is 2.69 bits per heavy atom. The Kier molecular flexibility index (Phi) is 8.32. The van der Waals surface area contributed by atoms with Crippen molar-refractivity contribution in [1.29, 1.82) is 0 Å². The number of carbonyl (C=O) groups excluding carboxylic acids is 1. The van der Waals surface area contributed by atoms with E-state index in [0.717, 1.165) is 19.4 Å². The number of hydrogen-bond donors (Lipinski definition) is 3. The van der Waals surface area contributed by atoms with Gasteiger partial charge < -0.3 is 10.2 Å². The van der Waals surface area contributed by atoms with Crippen LogP contribution in [0.25, 0.3) is 0 Å². The van der Waals surface area contributed by atoms with Crippen LogP contribution < -0.4 is 10.8 Å². The van der Waals surface area contributed by atoms with E-state index < -0.39 is 11.9 Å². The van der Waals surface area contributed by atoms with E-state index in [1.807, 2.05) is 0 Å². The minimum Gasteiger partial charge on any atom is -0.374 e. The molecule has 1 amide bonds. The first kappa shape index (κ1) is 20.6. The minimum atomic E-state index is -0.537. The minimum absolute atomic E-state index is 0.274. The normalized spacial score (nSPS) is 16.5. The van der Waals surface area contributed by atoms with Crippen LogP contribution in [0.1, 0.15) is 56.9 Å². The molecule has 1 saturated carbocycles. The molecule has 0 aromatic heterocycles. The lowest BCUT2D eigenvalue weighted by atomic mass is 9.94. The fourth-order valence-electron chi connectivity index (χ4n) is 3.70. The van der Waals surface area contributed by atoms with Crippen molar-refractivity contribution in [2.24, 2.45) is 0 Å². The maximum absolute atomic E-state index is 13.4. The maximum atomic E-state index is 13.4. The third-order valence-electron chi connectivity index (χ3n) is 5.38. The van der Waals surface area contributed by atoms with Gasteiger partial charge in [0.1, 0.15) is 11.9 Å². The smallest absolute Gasteiger partial charge is 0.265 e. The number of hydrogen-bond acceptors (Lipinski definition) is 4. The molecule has 0 aliphatic heterocycles. The van der Waals surface area contributed by atoms with Crippen molar-refractivity contribution in [3.8, 4) is 0 Å². The van der Waals surface area contributed by atoms with Gasteiger partial charge in [-0.2, -0.15) is 0 Å². The molecule has 0 spiro atoms. The van der Waals surface area contributed by atoms with E-state index in [0.29, 0.717) is 23.7 Å². The first-order valence-electron chi connectivity index (χ1n) is 9.68. The fraction of sp³-hybridized carbons (Fsp3) is 0.650. The third-order valence-corrected chi connectivity index (χ3v) is 5.38. The van der Waals surface area contributed by atoms with Gasteiger partial charge in [-0.15, -0.1) is 0 Å². The molecule has 0 heterocycles. The van der Waals surface area contributed by atoms with Gasteiger partial charge in [0.2, 0.25) is 0 Å². The van der Waals surface area contributed by atoms with E-state index in [2.05, 4.69) is 17.3 Å². The summed E-state index contributed by atoms with van der Waals surface area (Å²) in [5.41, 5.74) is 2.92. The van der Waals surface area contributed by atoms with Gasteiger partial charge in [-0.1, -0.05) is 19.3 Å². The predicted molar refractivity (Wildman–Crippen MR) is 102 cm³/mol. The summed E-state index contributed by atoms with van der Waals surface area (Å²) in [6.07, 6.45) is 9.09. The Balaban J connectivity index is 1.79. The van der Waals surface area contributed by atoms with Crippen molar-refractivity contribution in [1.82, 2.24) is 10.4 Å². The molecule has 1 aliphatic rings. The molecule has 0 unspecified atom stereocenters. The van der Waals surface area contributed by atoms with Crippen molar-refractivity contribution in [2.75, 3.05) is 18.9 Å². The summed E-state index contributed by atoms with van der Waals surface area (Å²) in [6, 6.07) is 4.82. The summed E-state index contributed by atoms with van der Waals surface area (Å²) in [5, 5.41) is 12.1. The van der Waals surface area contributed by atoms with E-state index in [4.69, 9.17) is 5.21 Å². The van der Waals surface area contributed by atoms with Gasteiger partial charge in [-0.05, 0) is 76.4 Å². The molecular formula is C20H32FN3O2. The van der Waals surface area contributed by atoms with E-state index in [9.17, 15) is 9.18 Å². The van der Waals surface area contributed by atoms with Crippen molar-refractivity contribution in [3.05, 3.63) is 29.6 Å². The molecule has 1 fully saturated rings. The molecule has 6 heteroatoms. The van der Waals surface area contributed by atoms with Crippen LogP contribution in [-0.4, -0.2) is 41.7 Å². The van der Waals surface area contributed by atoms with Gasteiger partial charge in [-0.3, -0.25) is 10.0 Å². The largest absolute Gasteiger partial charge is 0.374 e. The van der Waals surface area contributed by atoms with Gasteiger partial charge in [-0.25, -0.2) is 9.87 Å². The lowest BCUT2D eigenvalue weighted by Gasteiger charge is -2.31. The molecular weight excluding hydrogens is 333 g/mol. The predicted octanol–water partition coefficient (Wildman–Crippen LogP) is 3.85. The van der Waals surface area contributed by atoms with E-state index >= 15 is 0 Å². The molecule has 1 aliphatic carbocycles. The number of nitrogens with zero attached hydrogens (tertiary/aromatic N) is 1. The number of nitrogens with one attached hydrogen (secondary N) is 2. The van der Waals surface area contributed by atoms with E-state index in [1.165, 1.54) is 38.2 Å². The number of unbranched alkanes of at least 4 members (excludes halogenated alkanes) is 1. The Morgan fingerprint density at radius 1 is 1.31 bits per heavy atom. The van der Waals surface area contributed by atoms with Crippen LogP contribution in [0, 0.1) is 12.7 Å². The van der Waals surface area contributed by atoms with Crippen LogP contribution >= 0.6 is 0 Å². The molecule has 0 radical (unpaired) electrons. The van der Waals surface area contributed by atoms with Crippen LogP contribution in [0.2, 0.25) is 0 Å². The standard InChI is InChI=1S/C20H32FN3O2/c1-15-14-16(11-12-18(15)21)22-19(20(25)23-26)10-6-7-13-24(2)17-8-4-3-5-9-17/h11-12,14,17,19,22,26H,3-10,13H2,1-2H3,(H,23,25)/t19-/m1/s1. The summed E-state index contributed by atoms with van der Waals surface area (Å²) < 4.78 is 13.4. The summed E-state index contributed by atoms with van der Waals surface area (Å²) in [4.78, 5) is 14.4. The summed E-state index contributed by atoms with van der Waals surface area (Å²) in [5.74, 6) is -0.739. The highest BCUT2D eigenvalue weighted by atomic mass is 19.1. The molecule has 5 nitrogen and oxygen atoms in total. The second-order valence-electron chi connectivity index (χ2n) is 7.41. The number of hydroxylamine groups is 1. The first-order valence-corrected chi connectivity index (χ1v) is 9.68. The number of aryl methyl sites for hydroxylation is 1. The zero-order valence-corrected chi connectivity index (χ0v) is 15.9. The third kappa shape index (κ3) is 6.25. The number of halogens is 1. The number of anilines is 1. The van der Waals surface area contributed by atoms with Crippen molar-refractivity contribution in [2.45, 2.75) is 70.4 Å². The van der Waals surface area contributed by atoms with Crippen molar-refractivity contribution < 1.29 is 14.4 Å². The lowest BCUT2D eigenvalue weighted by Crippen LogP contribution is -2.38. The molecule has 2 rings (SSSR count). The van der Waals surface area contributed by atoms with Gasteiger partial charge in [0.25, 0.3) is 5.91 Å². The average Bonchev–Trinajstić information content (AvgIpc) is 2.66. The Morgan fingerprint density at radius 2 is 2.04 bits per heavy atom. The molecule has 146 valence electrons. The highest BCUT2D eigenvalue weighted by molar-refractivity contribution is 5.83. The van der Waals surface area contributed by atoms with Crippen molar-refractivity contribution >= 4 is 11.6 Å². The van der Waals surface area contributed by atoms with Gasteiger partial charge >= 0.3 is 0 Å². The van der Waals surface area contributed by atoms with Crippen LogP contribution in [0.5, 0.6) is 0 Å². The molecule has 26 heavy (non-hydrogen) atoms. The molecule has 3 N–H and O–H groups in total. The van der Waals surface area contributed by atoms with E-state index in [1.54, 1.807) is 24.5 Å². The zero-order valence-electron chi connectivity index (χ0n) is 15.9. The van der Waals surface area contributed by atoms with Crippen LogP contribution in [-0.2, 0) is 4.79 Å².